The Labute approximate surface area is 284 Å². The highest BCUT2D eigenvalue weighted by Crippen LogP contribution is 2.51. The number of fused-ring (bicyclic) bond motifs is 4. The highest BCUT2D eigenvalue weighted by atomic mass is 31.2. The largest absolute Gasteiger partial charge is 0.308 e. The van der Waals surface area contributed by atoms with Crippen molar-refractivity contribution in [3.8, 4) is 39.1 Å². The molecule has 0 fully saturated rings. The normalized spacial score (nSPS) is 15.1. The molecular weight excluding hydrogens is 615 g/mol. The molecule has 1 unspecified atom stereocenters. The minimum Gasteiger partial charge on any atom is -0.308 e. The van der Waals surface area contributed by atoms with Crippen molar-refractivity contribution >= 4 is 55.6 Å². The molecule has 1 atom stereocenters. The Bertz CT molecular complexity index is 2740. The van der Waals surface area contributed by atoms with Crippen molar-refractivity contribution in [2.75, 3.05) is 0 Å². The lowest BCUT2D eigenvalue weighted by molar-refractivity contribution is 0.592. The Morgan fingerprint density at radius 3 is 1.69 bits per heavy atom. The molecule has 0 saturated heterocycles. The van der Waals surface area contributed by atoms with Crippen molar-refractivity contribution in [1.29, 1.82) is 0 Å². The number of imidazole rings is 1. The summed E-state index contributed by atoms with van der Waals surface area (Å²) in [5.74, 6) is 0. The third kappa shape index (κ3) is 4.03. The second-order valence-corrected chi connectivity index (χ2v) is 15.4. The first-order valence-electron chi connectivity index (χ1n) is 16.6. The summed E-state index contributed by atoms with van der Waals surface area (Å²) >= 11 is 0. The molecule has 0 spiro atoms. The van der Waals surface area contributed by atoms with Gasteiger partial charge < -0.3 is 4.57 Å². The van der Waals surface area contributed by atoms with Crippen LogP contribution in [0.4, 0.5) is 0 Å². The van der Waals surface area contributed by atoms with Crippen molar-refractivity contribution in [3.63, 3.8) is 0 Å². The summed E-state index contributed by atoms with van der Waals surface area (Å²) in [6.45, 7) is 0. The Morgan fingerprint density at radius 1 is 0.469 bits per heavy atom. The number of nitrogens with zero attached hydrogens (tertiary/aromatic N) is 2. The van der Waals surface area contributed by atoms with Crippen LogP contribution in [0.1, 0.15) is 0 Å². The molecule has 49 heavy (non-hydrogen) atoms. The first-order chi connectivity index (χ1) is 24.2. The topological polar surface area (TPSA) is 34.9 Å². The highest BCUT2D eigenvalue weighted by Gasteiger charge is 2.39. The standard InChI is InChI=1S/C45H29N2OP/c48-49(33-18-5-2-6-19-33)40-26-12-24-34(44(40)47-29-46-39-25-13-27-41(49)45(39)47)31-16-11-17-32(28-31)43-37-22-9-7-20-35(37)42(30-14-3-1-4-15-30)36-21-8-10-23-38(36)43/h1-29H. The van der Waals surface area contributed by atoms with E-state index in [2.05, 4.69) is 120 Å². The first-order valence-corrected chi connectivity index (χ1v) is 18.3. The molecule has 0 saturated carbocycles. The molecule has 8 aromatic carbocycles. The van der Waals surface area contributed by atoms with Gasteiger partial charge in [-0.25, -0.2) is 4.98 Å². The number of aromatic nitrogens is 2. The maximum absolute atomic E-state index is 15.6. The SMILES string of the molecule is O=P1(c2ccccc2)c2cccc(-c3cccc(-c4c5ccccc5c(-c5ccccc5)c5ccccc45)c3)c2-n2cnc3cccc1c32. The van der Waals surface area contributed by atoms with Crippen molar-refractivity contribution in [2.24, 2.45) is 0 Å². The van der Waals surface area contributed by atoms with Gasteiger partial charge >= 0.3 is 0 Å². The summed E-state index contributed by atoms with van der Waals surface area (Å²) in [5, 5.41) is 7.39. The molecule has 230 valence electrons. The van der Waals surface area contributed by atoms with Gasteiger partial charge in [0.25, 0.3) is 0 Å². The van der Waals surface area contributed by atoms with Crippen molar-refractivity contribution in [2.45, 2.75) is 0 Å². The monoisotopic (exact) mass is 644 g/mol. The van der Waals surface area contributed by atoms with Crippen LogP contribution in [0.25, 0.3) is 71.6 Å². The van der Waals surface area contributed by atoms with Crippen molar-refractivity contribution < 1.29 is 4.57 Å². The minimum atomic E-state index is -3.21. The van der Waals surface area contributed by atoms with E-state index in [-0.39, 0.29) is 0 Å². The zero-order valence-corrected chi connectivity index (χ0v) is 27.4. The summed E-state index contributed by atoms with van der Waals surface area (Å²) in [5.41, 5.74) is 9.60. The zero-order chi connectivity index (χ0) is 32.5. The average Bonchev–Trinajstić information content (AvgIpc) is 3.61. The predicted molar refractivity (Wildman–Crippen MR) is 205 cm³/mol. The van der Waals surface area contributed by atoms with Crippen LogP contribution < -0.4 is 15.9 Å². The summed E-state index contributed by atoms with van der Waals surface area (Å²) in [7, 11) is -3.21. The second-order valence-electron chi connectivity index (χ2n) is 12.7. The minimum absolute atomic E-state index is 0.832. The number of rotatable bonds is 4. The fraction of sp³-hybridized carbons (Fsp3) is 0. The molecule has 0 radical (unpaired) electrons. The van der Waals surface area contributed by atoms with Gasteiger partial charge in [0.2, 0.25) is 0 Å². The van der Waals surface area contributed by atoms with E-state index in [0.29, 0.717) is 0 Å². The molecule has 1 aliphatic rings. The lowest BCUT2D eigenvalue weighted by atomic mass is 9.85. The molecular formula is C45H29N2OP. The lowest BCUT2D eigenvalue weighted by Gasteiger charge is -2.30. The molecule has 0 bridgehead atoms. The molecule has 1 aliphatic heterocycles. The summed E-state index contributed by atoms with van der Waals surface area (Å²) in [6, 6.07) is 59.2. The number of hydrogen-bond acceptors (Lipinski definition) is 2. The van der Waals surface area contributed by atoms with Gasteiger partial charge in [0, 0.05) is 21.5 Å². The van der Waals surface area contributed by atoms with Crippen LogP contribution in [0.15, 0.2) is 176 Å². The van der Waals surface area contributed by atoms with E-state index in [0.717, 1.165) is 49.3 Å². The van der Waals surface area contributed by atoms with Crippen LogP contribution in [0.3, 0.4) is 0 Å². The molecule has 2 heterocycles. The Kier molecular flexibility index (Phi) is 6.15. The smallest absolute Gasteiger partial charge is 0.175 e. The predicted octanol–water partition coefficient (Wildman–Crippen LogP) is 10.3. The van der Waals surface area contributed by atoms with E-state index in [9.17, 15) is 0 Å². The Hall–Kier alpha value is -6.02. The zero-order valence-electron chi connectivity index (χ0n) is 26.5. The second kappa shape index (κ2) is 10.8. The first kappa shape index (κ1) is 28.0. The molecule has 1 aromatic heterocycles. The van der Waals surface area contributed by atoms with Crippen LogP contribution in [0, 0.1) is 0 Å². The van der Waals surface area contributed by atoms with Gasteiger partial charge in [-0.2, -0.15) is 0 Å². The average molecular weight is 645 g/mol. The Morgan fingerprint density at radius 2 is 1.00 bits per heavy atom. The fourth-order valence-electron chi connectivity index (χ4n) is 7.99. The quantitative estimate of drug-likeness (QED) is 0.141. The van der Waals surface area contributed by atoms with E-state index in [1.165, 1.54) is 38.2 Å². The number of hydrogen-bond donors (Lipinski definition) is 0. The number of para-hydroxylation sites is 2. The van der Waals surface area contributed by atoms with Crippen LogP contribution in [0.2, 0.25) is 0 Å². The van der Waals surface area contributed by atoms with Gasteiger partial charge in [0.15, 0.2) is 7.14 Å². The van der Waals surface area contributed by atoms with Crippen LogP contribution in [-0.2, 0) is 4.57 Å². The third-order valence-corrected chi connectivity index (χ3v) is 13.2. The molecule has 0 N–H and O–H groups in total. The van der Waals surface area contributed by atoms with Gasteiger partial charge in [-0.05, 0) is 73.6 Å². The van der Waals surface area contributed by atoms with Gasteiger partial charge in [-0.1, -0.05) is 146 Å². The maximum atomic E-state index is 15.6. The van der Waals surface area contributed by atoms with Crippen molar-refractivity contribution in [1.82, 2.24) is 9.55 Å². The molecule has 0 amide bonds. The van der Waals surface area contributed by atoms with E-state index in [4.69, 9.17) is 4.98 Å². The maximum Gasteiger partial charge on any atom is 0.175 e. The van der Waals surface area contributed by atoms with E-state index < -0.39 is 7.14 Å². The van der Waals surface area contributed by atoms with E-state index in [1.54, 1.807) is 0 Å². The van der Waals surface area contributed by atoms with E-state index >= 15 is 4.57 Å². The number of benzene rings is 8. The van der Waals surface area contributed by atoms with Gasteiger partial charge in [0.05, 0.1) is 16.7 Å². The Balaban J connectivity index is 1.25. The van der Waals surface area contributed by atoms with Gasteiger partial charge in [-0.15, -0.1) is 0 Å². The molecule has 10 rings (SSSR count). The fourth-order valence-corrected chi connectivity index (χ4v) is 11.0. The lowest BCUT2D eigenvalue weighted by Crippen LogP contribution is -2.33. The van der Waals surface area contributed by atoms with Crippen LogP contribution >= 0.6 is 7.14 Å². The highest BCUT2D eigenvalue weighted by molar-refractivity contribution is 7.86. The summed E-state index contributed by atoms with van der Waals surface area (Å²) < 4.78 is 17.8. The molecule has 0 aliphatic carbocycles. The van der Waals surface area contributed by atoms with Crippen LogP contribution in [0.5, 0.6) is 0 Å². The summed E-state index contributed by atoms with van der Waals surface area (Å²) in [6.07, 6.45) is 1.89. The molecule has 3 nitrogen and oxygen atoms in total. The van der Waals surface area contributed by atoms with E-state index in [1.807, 2.05) is 60.9 Å². The molecule has 9 aromatic rings. The summed E-state index contributed by atoms with van der Waals surface area (Å²) in [4.78, 5) is 4.79. The van der Waals surface area contributed by atoms with Crippen LogP contribution in [-0.4, -0.2) is 9.55 Å². The van der Waals surface area contributed by atoms with Gasteiger partial charge in [0.1, 0.15) is 6.33 Å². The third-order valence-electron chi connectivity index (χ3n) is 10.1. The van der Waals surface area contributed by atoms with Gasteiger partial charge in [-0.3, -0.25) is 4.57 Å². The molecule has 4 heteroatoms. The van der Waals surface area contributed by atoms with Crippen molar-refractivity contribution in [3.05, 3.63) is 176 Å².